The molecule has 1 aliphatic rings. The third-order valence-electron chi connectivity index (χ3n) is 2.64. The molecular formula is C11H14ClNO. The van der Waals surface area contributed by atoms with Crippen molar-refractivity contribution in [2.24, 2.45) is 5.92 Å². The first-order valence-corrected chi connectivity index (χ1v) is 5.47. The molecule has 1 saturated carbocycles. The Morgan fingerprint density at radius 1 is 1.43 bits per heavy atom. The van der Waals surface area contributed by atoms with Gasteiger partial charge in [-0.15, -0.1) is 0 Å². The number of pyridine rings is 1. The largest absolute Gasteiger partial charge is 0.477 e. The summed E-state index contributed by atoms with van der Waals surface area (Å²) < 4.78 is 5.58. The van der Waals surface area contributed by atoms with E-state index in [0.29, 0.717) is 10.9 Å². The molecule has 1 aromatic heterocycles. The van der Waals surface area contributed by atoms with E-state index in [2.05, 4.69) is 4.98 Å². The van der Waals surface area contributed by atoms with Crippen LogP contribution in [0.2, 0.25) is 5.02 Å². The first kappa shape index (κ1) is 9.78. The molecule has 0 radical (unpaired) electrons. The average molecular weight is 212 g/mol. The second kappa shape index (κ2) is 4.65. The molecule has 1 heterocycles. The molecule has 0 spiro atoms. The highest BCUT2D eigenvalue weighted by molar-refractivity contribution is 6.30. The van der Waals surface area contributed by atoms with Gasteiger partial charge in [0, 0.05) is 17.3 Å². The Morgan fingerprint density at radius 2 is 2.21 bits per heavy atom. The van der Waals surface area contributed by atoms with E-state index in [1.807, 2.05) is 0 Å². The maximum Gasteiger partial charge on any atom is 0.214 e. The Bertz CT molecular complexity index is 297. The summed E-state index contributed by atoms with van der Waals surface area (Å²) in [7, 11) is 0. The summed E-state index contributed by atoms with van der Waals surface area (Å²) in [6, 6.07) is 3.51. The van der Waals surface area contributed by atoms with Crippen molar-refractivity contribution in [1.29, 1.82) is 0 Å². The van der Waals surface area contributed by atoms with E-state index in [-0.39, 0.29) is 0 Å². The van der Waals surface area contributed by atoms with Crippen molar-refractivity contribution in [1.82, 2.24) is 4.98 Å². The van der Waals surface area contributed by atoms with Gasteiger partial charge in [0.2, 0.25) is 5.88 Å². The lowest BCUT2D eigenvalue weighted by Crippen LogP contribution is -2.08. The summed E-state index contributed by atoms with van der Waals surface area (Å²) in [6.07, 6.45) is 6.95. The second-order valence-electron chi connectivity index (χ2n) is 3.77. The van der Waals surface area contributed by atoms with Gasteiger partial charge in [-0.1, -0.05) is 24.4 Å². The van der Waals surface area contributed by atoms with Crippen LogP contribution in [-0.2, 0) is 0 Å². The zero-order valence-corrected chi connectivity index (χ0v) is 8.83. The fourth-order valence-corrected chi connectivity index (χ4v) is 1.99. The molecule has 0 atom stereocenters. The zero-order chi connectivity index (χ0) is 9.80. The molecule has 0 aromatic carbocycles. The van der Waals surface area contributed by atoms with Gasteiger partial charge in [0.25, 0.3) is 0 Å². The number of hydrogen-bond acceptors (Lipinski definition) is 2. The minimum absolute atomic E-state index is 0.643. The van der Waals surface area contributed by atoms with E-state index < -0.39 is 0 Å². The monoisotopic (exact) mass is 211 g/mol. The van der Waals surface area contributed by atoms with E-state index in [0.717, 1.165) is 12.5 Å². The minimum Gasteiger partial charge on any atom is -0.477 e. The fraction of sp³-hybridized carbons (Fsp3) is 0.545. The lowest BCUT2D eigenvalue weighted by atomic mass is 10.1. The van der Waals surface area contributed by atoms with Gasteiger partial charge in [0.05, 0.1) is 6.61 Å². The molecule has 1 aromatic rings. The van der Waals surface area contributed by atoms with Crippen molar-refractivity contribution in [2.45, 2.75) is 25.7 Å². The lowest BCUT2D eigenvalue weighted by molar-refractivity contribution is 0.243. The predicted molar refractivity (Wildman–Crippen MR) is 56.7 cm³/mol. The van der Waals surface area contributed by atoms with Crippen LogP contribution in [0.25, 0.3) is 0 Å². The number of hydrogen-bond donors (Lipinski definition) is 0. The van der Waals surface area contributed by atoms with Crippen LogP contribution in [0.4, 0.5) is 0 Å². The van der Waals surface area contributed by atoms with Crippen LogP contribution in [0.15, 0.2) is 18.3 Å². The summed E-state index contributed by atoms with van der Waals surface area (Å²) in [5.41, 5.74) is 0. The van der Waals surface area contributed by atoms with Gasteiger partial charge in [-0.2, -0.15) is 0 Å². The molecule has 14 heavy (non-hydrogen) atoms. The highest BCUT2D eigenvalue weighted by Crippen LogP contribution is 2.25. The van der Waals surface area contributed by atoms with Gasteiger partial charge in [-0.05, 0) is 24.8 Å². The first-order chi connectivity index (χ1) is 6.84. The van der Waals surface area contributed by atoms with Crippen LogP contribution in [0.1, 0.15) is 25.7 Å². The molecular weight excluding hydrogens is 198 g/mol. The molecule has 2 nitrogen and oxygen atoms in total. The molecule has 0 unspecified atom stereocenters. The topological polar surface area (TPSA) is 22.1 Å². The van der Waals surface area contributed by atoms with Gasteiger partial charge < -0.3 is 4.74 Å². The van der Waals surface area contributed by atoms with Gasteiger partial charge >= 0.3 is 0 Å². The molecule has 0 bridgehead atoms. The third kappa shape index (κ3) is 2.61. The van der Waals surface area contributed by atoms with Crippen molar-refractivity contribution in [2.75, 3.05) is 6.61 Å². The number of nitrogens with zero attached hydrogens (tertiary/aromatic N) is 1. The third-order valence-corrected chi connectivity index (χ3v) is 2.87. The van der Waals surface area contributed by atoms with Gasteiger partial charge in [-0.25, -0.2) is 4.98 Å². The highest BCUT2D eigenvalue weighted by atomic mass is 35.5. The Kier molecular flexibility index (Phi) is 3.25. The van der Waals surface area contributed by atoms with Crippen molar-refractivity contribution in [3.05, 3.63) is 23.4 Å². The van der Waals surface area contributed by atoms with Gasteiger partial charge in [-0.3, -0.25) is 0 Å². The summed E-state index contributed by atoms with van der Waals surface area (Å²) in [6.45, 7) is 0.785. The van der Waals surface area contributed by atoms with Crippen LogP contribution in [-0.4, -0.2) is 11.6 Å². The molecule has 1 aliphatic carbocycles. The number of aromatic nitrogens is 1. The lowest BCUT2D eigenvalue weighted by Gasteiger charge is -2.10. The summed E-state index contributed by atoms with van der Waals surface area (Å²) in [5, 5.41) is 0.682. The maximum atomic E-state index is 5.82. The van der Waals surface area contributed by atoms with E-state index in [1.54, 1.807) is 18.3 Å². The number of rotatable bonds is 3. The first-order valence-electron chi connectivity index (χ1n) is 5.09. The van der Waals surface area contributed by atoms with E-state index >= 15 is 0 Å². The molecule has 0 amide bonds. The van der Waals surface area contributed by atoms with Crippen LogP contribution in [0, 0.1) is 5.92 Å². The van der Waals surface area contributed by atoms with Gasteiger partial charge in [0.1, 0.15) is 0 Å². The van der Waals surface area contributed by atoms with Crippen molar-refractivity contribution in [3.8, 4) is 5.88 Å². The second-order valence-corrected chi connectivity index (χ2v) is 4.21. The molecule has 2 rings (SSSR count). The highest BCUT2D eigenvalue weighted by Gasteiger charge is 2.15. The van der Waals surface area contributed by atoms with Crippen molar-refractivity contribution < 1.29 is 4.74 Å². The Morgan fingerprint density at radius 3 is 2.93 bits per heavy atom. The zero-order valence-electron chi connectivity index (χ0n) is 8.08. The fourth-order valence-electron chi connectivity index (χ4n) is 1.84. The van der Waals surface area contributed by atoms with Crippen LogP contribution in [0.5, 0.6) is 5.88 Å². The van der Waals surface area contributed by atoms with E-state index in [4.69, 9.17) is 16.3 Å². The van der Waals surface area contributed by atoms with Gasteiger partial charge in [0.15, 0.2) is 0 Å². The molecule has 76 valence electrons. The van der Waals surface area contributed by atoms with Crippen LogP contribution >= 0.6 is 11.6 Å². The van der Waals surface area contributed by atoms with E-state index in [9.17, 15) is 0 Å². The molecule has 0 saturated heterocycles. The normalized spacial score (nSPS) is 17.2. The Labute approximate surface area is 89.3 Å². The Hall–Kier alpha value is -0.760. The summed E-state index contributed by atoms with van der Waals surface area (Å²) in [4.78, 5) is 4.09. The standard InChI is InChI=1S/C11H14ClNO/c12-10-5-6-13-11(7-10)14-8-9-3-1-2-4-9/h5-7,9H,1-4,8H2. The molecule has 1 fully saturated rings. The van der Waals surface area contributed by atoms with Crippen molar-refractivity contribution in [3.63, 3.8) is 0 Å². The van der Waals surface area contributed by atoms with E-state index in [1.165, 1.54) is 25.7 Å². The van der Waals surface area contributed by atoms with Crippen LogP contribution in [0.3, 0.4) is 0 Å². The quantitative estimate of drug-likeness (QED) is 0.766. The SMILES string of the molecule is Clc1ccnc(OCC2CCCC2)c1. The molecule has 0 aliphatic heterocycles. The number of ether oxygens (including phenoxy) is 1. The number of halogens is 1. The summed E-state index contributed by atoms with van der Waals surface area (Å²) in [5.74, 6) is 1.36. The Balaban J connectivity index is 1.85. The van der Waals surface area contributed by atoms with Crippen LogP contribution < -0.4 is 4.74 Å². The smallest absolute Gasteiger partial charge is 0.214 e. The summed E-state index contributed by atoms with van der Waals surface area (Å²) >= 11 is 5.82. The van der Waals surface area contributed by atoms with Crippen molar-refractivity contribution >= 4 is 11.6 Å². The maximum absolute atomic E-state index is 5.82. The molecule has 0 N–H and O–H groups in total. The predicted octanol–water partition coefficient (Wildman–Crippen LogP) is 3.30. The molecule has 3 heteroatoms. The minimum atomic E-state index is 0.643. The average Bonchev–Trinajstić information content (AvgIpc) is 2.67.